The van der Waals surface area contributed by atoms with E-state index in [9.17, 15) is 4.79 Å². The number of amides is 1. The molecule has 1 aromatic heterocycles. The van der Waals surface area contributed by atoms with E-state index in [0.717, 1.165) is 42.9 Å². The summed E-state index contributed by atoms with van der Waals surface area (Å²) in [6.45, 7) is 4.02. The van der Waals surface area contributed by atoms with Crippen LogP contribution in [0, 0.1) is 0 Å². The monoisotopic (exact) mass is 389 g/mol. The molecule has 2 heterocycles. The topological polar surface area (TPSA) is 54.5 Å². The molecule has 1 N–H and O–H groups in total. The first-order valence-corrected chi connectivity index (χ1v) is 8.78. The van der Waals surface area contributed by atoms with Gasteiger partial charge < -0.3 is 10.1 Å². The third-order valence-electron chi connectivity index (χ3n) is 4.02. The summed E-state index contributed by atoms with van der Waals surface area (Å²) in [7, 11) is 0. The van der Waals surface area contributed by atoms with Crippen molar-refractivity contribution >= 4 is 21.8 Å². The highest BCUT2D eigenvalue weighted by Gasteiger charge is 2.20. The lowest BCUT2D eigenvalue weighted by Gasteiger charge is -2.31. The molecule has 0 bridgehead atoms. The maximum atomic E-state index is 12.6. The number of pyridine rings is 1. The van der Waals surface area contributed by atoms with E-state index in [1.807, 2.05) is 30.3 Å². The Hall–Kier alpha value is -1.76. The number of nitrogens with zero attached hydrogens (tertiary/aromatic N) is 2. The Morgan fingerprint density at radius 2 is 2.00 bits per heavy atom. The summed E-state index contributed by atoms with van der Waals surface area (Å²) in [5, 5.41) is 3.14. The SMILES string of the molecule is O=C(NC(CN1CCOCC1)c1ccccc1)c1cncc(Br)c1. The molecule has 6 heteroatoms. The first kappa shape index (κ1) is 17.1. The Kier molecular flexibility index (Phi) is 5.96. The van der Waals surface area contributed by atoms with E-state index in [4.69, 9.17) is 4.74 Å². The summed E-state index contributed by atoms with van der Waals surface area (Å²) >= 11 is 3.36. The first-order chi connectivity index (χ1) is 11.7. The molecule has 0 radical (unpaired) electrons. The quantitative estimate of drug-likeness (QED) is 0.853. The van der Waals surface area contributed by atoms with Crippen LogP contribution in [0.4, 0.5) is 0 Å². The van der Waals surface area contributed by atoms with E-state index in [1.165, 1.54) is 0 Å². The number of nitrogens with one attached hydrogen (secondary N) is 1. The predicted molar refractivity (Wildman–Crippen MR) is 95.8 cm³/mol. The van der Waals surface area contributed by atoms with E-state index in [2.05, 4.69) is 31.1 Å². The van der Waals surface area contributed by atoms with Gasteiger partial charge in [-0.05, 0) is 27.6 Å². The molecule has 24 heavy (non-hydrogen) atoms. The molecule has 126 valence electrons. The van der Waals surface area contributed by atoms with Crippen LogP contribution in [0.2, 0.25) is 0 Å². The van der Waals surface area contributed by atoms with Gasteiger partial charge in [-0.3, -0.25) is 14.7 Å². The molecule has 1 amide bonds. The highest BCUT2D eigenvalue weighted by atomic mass is 79.9. The van der Waals surface area contributed by atoms with E-state index in [0.29, 0.717) is 5.56 Å². The van der Waals surface area contributed by atoms with Crippen LogP contribution in [-0.4, -0.2) is 48.6 Å². The van der Waals surface area contributed by atoms with Crippen LogP contribution >= 0.6 is 15.9 Å². The van der Waals surface area contributed by atoms with E-state index in [-0.39, 0.29) is 11.9 Å². The van der Waals surface area contributed by atoms with Crippen molar-refractivity contribution in [1.82, 2.24) is 15.2 Å². The van der Waals surface area contributed by atoms with E-state index in [1.54, 1.807) is 18.5 Å². The molecule has 1 saturated heterocycles. The van der Waals surface area contributed by atoms with Crippen LogP contribution in [0.5, 0.6) is 0 Å². The number of carbonyl (C=O) groups is 1. The number of morpholine rings is 1. The largest absolute Gasteiger partial charge is 0.379 e. The maximum Gasteiger partial charge on any atom is 0.253 e. The summed E-state index contributed by atoms with van der Waals surface area (Å²) in [5.74, 6) is -0.120. The van der Waals surface area contributed by atoms with Gasteiger partial charge in [0, 0.05) is 36.5 Å². The average Bonchev–Trinajstić information content (AvgIpc) is 2.63. The number of ether oxygens (including phenoxy) is 1. The Morgan fingerprint density at radius 3 is 2.71 bits per heavy atom. The lowest BCUT2D eigenvalue weighted by Crippen LogP contribution is -2.43. The highest BCUT2D eigenvalue weighted by molar-refractivity contribution is 9.10. The number of rotatable bonds is 5. The normalized spacial score (nSPS) is 16.5. The standard InChI is InChI=1S/C18H20BrN3O2/c19-16-10-15(11-20-12-16)18(23)21-17(14-4-2-1-3-5-14)13-22-6-8-24-9-7-22/h1-5,10-12,17H,6-9,13H2,(H,21,23). The Morgan fingerprint density at radius 1 is 1.25 bits per heavy atom. The van der Waals surface area contributed by atoms with Gasteiger partial charge in [0.1, 0.15) is 0 Å². The Balaban J connectivity index is 1.75. The van der Waals surface area contributed by atoms with Crippen molar-refractivity contribution in [1.29, 1.82) is 0 Å². The number of benzene rings is 1. The summed E-state index contributed by atoms with van der Waals surface area (Å²) in [6, 6.07) is 11.8. The van der Waals surface area contributed by atoms with E-state index >= 15 is 0 Å². The minimum absolute atomic E-state index is 0.0734. The van der Waals surface area contributed by atoms with Gasteiger partial charge >= 0.3 is 0 Å². The van der Waals surface area contributed by atoms with Crippen LogP contribution < -0.4 is 5.32 Å². The third-order valence-corrected chi connectivity index (χ3v) is 4.45. The third kappa shape index (κ3) is 4.63. The van der Waals surface area contributed by atoms with Crippen LogP contribution in [0.3, 0.4) is 0 Å². The number of carbonyl (C=O) groups excluding carboxylic acids is 1. The molecule has 1 atom stereocenters. The second-order valence-corrected chi connectivity index (χ2v) is 6.66. The summed E-state index contributed by atoms with van der Waals surface area (Å²) in [6.07, 6.45) is 3.25. The molecule has 0 spiro atoms. The van der Waals surface area contributed by atoms with Crippen LogP contribution in [0.25, 0.3) is 0 Å². The zero-order valence-corrected chi connectivity index (χ0v) is 14.9. The smallest absolute Gasteiger partial charge is 0.253 e. The fraction of sp³-hybridized carbons (Fsp3) is 0.333. The van der Waals surface area contributed by atoms with Gasteiger partial charge in [-0.25, -0.2) is 0 Å². The second kappa shape index (κ2) is 8.37. The molecule has 1 fully saturated rings. The first-order valence-electron chi connectivity index (χ1n) is 7.99. The molecular formula is C18H20BrN3O2. The molecule has 1 aliphatic heterocycles. The van der Waals surface area contributed by atoms with Gasteiger partial charge in [0.25, 0.3) is 5.91 Å². The lowest BCUT2D eigenvalue weighted by atomic mass is 10.1. The van der Waals surface area contributed by atoms with Gasteiger partial charge in [-0.15, -0.1) is 0 Å². The van der Waals surface area contributed by atoms with Crippen LogP contribution in [-0.2, 0) is 4.74 Å². The molecule has 3 rings (SSSR count). The molecule has 0 aliphatic carbocycles. The molecule has 2 aromatic rings. The minimum Gasteiger partial charge on any atom is -0.379 e. The van der Waals surface area contributed by atoms with Crippen molar-refractivity contribution in [3.05, 3.63) is 64.4 Å². The number of hydrogen-bond acceptors (Lipinski definition) is 4. The number of halogens is 1. The molecule has 1 unspecified atom stereocenters. The number of hydrogen-bond donors (Lipinski definition) is 1. The average molecular weight is 390 g/mol. The zero-order chi connectivity index (χ0) is 16.8. The van der Waals surface area contributed by atoms with Crippen molar-refractivity contribution < 1.29 is 9.53 Å². The van der Waals surface area contributed by atoms with Crippen molar-refractivity contribution in [2.45, 2.75) is 6.04 Å². The molecule has 1 aromatic carbocycles. The van der Waals surface area contributed by atoms with Crippen molar-refractivity contribution in [2.75, 3.05) is 32.8 Å². The van der Waals surface area contributed by atoms with Crippen molar-refractivity contribution in [3.8, 4) is 0 Å². The van der Waals surface area contributed by atoms with Crippen molar-refractivity contribution in [3.63, 3.8) is 0 Å². The highest BCUT2D eigenvalue weighted by Crippen LogP contribution is 2.17. The van der Waals surface area contributed by atoms with Gasteiger partial charge in [0.2, 0.25) is 0 Å². The van der Waals surface area contributed by atoms with Crippen LogP contribution in [0.1, 0.15) is 22.0 Å². The minimum atomic E-state index is -0.120. The number of aromatic nitrogens is 1. The van der Waals surface area contributed by atoms with Gasteiger partial charge in [0.15, 0.2) is 0 Å². The van der Waals surface area contributed by atoms with Crippen molar-refractivity contribution in [2.24, 2.45) is 0 Å². The van der Waals surface area contributed by atoms with Gasteiger partial charge in [-0.1, -0.05) is 30.3 Å². The fourth-order valence-electron chi connectivity index (χ4n) is 2.74. The lowest BCUT2D eigenvalue weighted by molar-refractivity contribution is 0.0332. The summed E-state index contributed by atoms with van der Waals surface area (Å²) in [4.78, 5) is 19.0. The second-order valence-electron chi connectivity index (χ2n) is 5.74. The summed E-state index contributed by atoms with van der Waals surface area (Å²) < 4.78 is 6.20. The van der Waals surface area contributed by atoms with Gasteiger partial charge in [0.05, 0.1) is 24.8 Å². The molecule has 5 nitrogen and oxygen atoms in total. The predicted octanol–water partition coefficient (Wildman–Crippen LogP) is 2.65. The van der Waals surface area contributed by atoms with Crippen LogP contribution in [0.15, 0.2) is 53.3 Å². The zero-order valence-electron chi connectivity index (χ0n) is 13.3. The molecule has 1 aliphatic rings. The molecular weight excluding hydrogens is 370 g/mol. The summed E-state index contributed by atoms with van der Waals surface area (Å²) in [5.41, 5.74) is 1.65. The molecule has 0 saturated carbocycles. The maximum absolute atomic E-state index is 12.6. The van der Waals surface area contributed by atoms with E-state index < -0.39 is 0 Å². The fourth-order valence-corrected chi connectivity index (χ4v) is 3.10. The Labute approximate surface area is 150 Å². The van der Waals surface area contributed by atoms with Gasteiger partial charge in [-0.2, -0.15) is 0 Å². The Bertz CT molecular complexity index is 675.